The fourth-order valence-corrected chi connectivity index (χ4v) is 3.76. The van der Waals surface area contributed by atoms with Crippen LogP contribution in [0.1, 0.15) is 42.5 Å². The molecule has 2 aliphatic heterocycles. The highest BCUT2D eigenvalue weighted by Gasteiger charge is 2.27. The van der Waals surface area contributed by atoms with Gasteiger partial charge in [-0.25, -0.2) is 0 Å². The van der Waals surface area contributed by atoms with Gasteiger partial charge in [-0.05, 0) is 50.4 Å². The molecule has 2 fully saturated rings. The van der Waals surface area contributed by atoms with Crippen molar-refractivity contribution in [2.75, 3.05) is 33.9 Å². The fraction of sp³-hybridized carbons (Fsp3) is 0.600. The minimum absolute atomic E-state index is 0. The summed E-state index contributed by atoms with van der Waals surface area (Å²) in [7, 11) is 3.13. The number of nitrogens with one attached hydrogen (secondary N) is 2. The van der Waals surface area contributed by atoms with E-state index in [-0.39, 0.29) is 36.3 Å². The maximum atomic E-state index is 12.8. The van der Waals surface area contributed by atoms with Crippen molar-refractivity contribution >= 4 is 24.2 Å². The Kier molecular flexibility index (Phi) is 8.38. The molecule has 2 heterocycles. The molecule has 1 aromatic rings. The molecule has 0 saturated carbocycles. The van der Waals surface area contributed by atoms with E-state index < -0.39 is 0 Å². The molecule has 3 rings (SSSR count). The van der Waals surface area contributed by atoms with Crippen LogP contribution >= 0.6 is 12.4 Å². The molecule has 8 heteroatoms. The number of likely N-dealkylation sites (tertiary alicyclic amines) is 1. The number of halogens is 1. The predicted molar refractivity (Wildman–Crippen MR) is 110 cm³/mol. The first kappa shape index (κ1) is 22.3. The van der Waals surface area contributed by atoms with Crippen molar-refractivity contribution in [2.24, 2.45) is 0 Å². The summed E-state index contributed by atoms with van der Waals surface area (Å²) >= 11 is 0. The van der Waals surface area contributed by atoms with E-state index in [2.05, 4.69) is 10.6 Å². The number of rotatable bonds is 5. The molecule has 0 spiro atoms. The number of carbonyl (C=O) groups excluding carboxylic acids is 2. The highest BCUT2D eigenvalue weighted by atomic mass is 35.5. The van der Waals surface area contributed by atoms with Gasteiger partial charge in [0.1, 0.15) is 0 Å². The Hall–Kier alpha value is -1.99. The molecule has 0 aliphatic carbocycles. The van der Waals surface area contributed by atoms with Crippen LogP contribution in [-0.2, 0) is 4.79 Å². The van der Waals surface area contributed by atoms with E-state index in [0.717, 1.165) is 38.6 Å². The molecule has 0 bridgehead atoms. The molecule has 1 unspecified atom stereocenters. The minimum atomic E-state index is -0.0647. The molecular formula is C20H30ClN3O4. The summed E-state index contributed by atoms with van der Waals surface area (Å²) in [6, 6.07) is 5.28. The number of methoxy groups -OCH3 is 2. The molecule has 156 valence electrons. The average molecular weight is 412 g/mol. The lowest BCUT2D eigenvalue weighted by molar-refractivity contribution is -0.124. The van der Waals surface area contributed by atoms with Crippen LogP contribution < -0.4 is 20.1 Å². The van der Waals surface area contributed by atoms with E-state index >= 15 is 0 Å². The zero-order valence-corrected chi connectivity index (χ0v) is 17.3. The molecule has 7 nitrogen and oxygen atoms in total. The van der Waals surface area contributed by atoms with Crippen LogP contribution in [0.3, 0.4) is 0 Å². The molecule has 2 aliphatic rings. The van der Waals surface area contributed by atoms with Crippen molar-refractivity contribution in [3.8, 4) is 11.5 Å². The van der Waals surface area contributed by atoms with Crippen molar-refractivity contribution in [3.05, 3.63) is 23.8 Å². The maximum Gasteiger partial charge on any atom is 0.253 e. The van der Waals surface area contributed by atoms with Crippen LogP contribution in [0.4, 0.5) is 0 Å². The lowest BCUT2D eigenvalue weighted by atomic mass is 10.0. The number of nitrogens with zero attached hydrogens (tertiary/aromatic N) is 1. The second-order valence-electron chi connectivity index (χ2n) is 7.15. The van der Waals surface area contributed by atoms with Crippen LogP contribution in [0, 0.1) is 0 Å². The quantitative estimate of drug-likeness (QED) is 0.774. The van der Waals surface area contributed by atoms with E-state index in [1.807, 2.05) is 4.90 Å². The molecule has 1 atom stereocenters. The number of benzene rings is 1. The van der Waals surface area contributed by atoms with E-state index in [9.17, 15) is 9.59 Å². The largest absolute Gasteiger partial charge is 0.493 e. The zero-order valence-electron chi connectivity index (χ0n) is 16.5. The summed E-state index contributed by atoms with van der Waals surface area (Å²) in [6.45, 7) is 2.18. The first-order chi connectivity index (χ1) is 13.1. The normalized spacial score (nSPS) is 20.1. The maximum absolute atomic E-state index is 12.8. The third kappa shape index (κ3) is 5.29. The van der Waals surface area contributed by atoms with E-state index in [1.165, 1.54) is 0 Å². The van der Waals surface area contributed by atoms with Gasteiger partial charge in [0.05, 0.1) is 20.3 Å². The van der Waals surface area contributed by atoms with E-state index in [1.54, 1.807) is 32.4 Å². The number of hydrogen-bond donors (Lipinski definition) is 2. The van der Waals surface area contributed by atoms with E-state index in [0.29, 0.717) is 30.2 Å². The monoisotopic (exact) mass is 411 g/mol. The Balaban J connectivity index is 0.00000280. The topological polar surface area (TPSA) is 79.9 Å². The van der Waals surface area contributed by atoms with Crippen molar-refractivity contribution in [3.63, 3.8) is 0 Å². The first-order valence-corrected chi connectivity index (χ1v) is 9.67. The minimum Gasteiger partial charge on any atom is -0.493 e. The van der Waals surface area contributed by atoms with Crippen molar-refractivity contribution < 1.29 is 19.1 Å². The SMILES string of the molecule is COc1ccc(C(=O)N2CCC(NC(=O)C3CCCCN3)CC2)cc1OC.Cl. The fourth-order valence-electron chi connectivity index (χ4n) is 3.76. The molecule has 2 saturated heterocycles. The standard InChI is InChI=1S/C20H29N3O4.ClH/c1-26-17-7-6-14(13-18(17)27-2)20(25)23-11-8-15(9-12-23)22-19(24)16-5-3-4-10-21-16;/h6-7,13,15-16,21H,3-5,8-12H2,1-2H3,(H,22,24);1H. The molecule has 28 heavy (non-hydrogen) atoms. The lowest BCUT2D eigenvalue weighted by Crippen LogP contribution is -2.52. The van der Waals surface area contributed by atoms with Gasteiger partial charge in [-0.2, -0.15) is 0 Å². The lowest BCUT2D eigenvalue weighted by Gasteiger charge is -2.33. The number of hydrogen-bond acceptors (Lipinski definition) is 5. The van der Waals surface area contributed by atoms with Crippen molar-refractivity contribution in [1.29, 1.82) is 0 Å². The summed E-state index contributed by atoms with van der Waals surface area (Å²) in [5.41, 5.74) is 0.585. The van der Waals surface area contributed by atoms with Gasteiger partial charge in [0.15, 0.2) is 11.5 Å². The first-order valence-electron chi connectivity index (χ1n) is 9.67. The number of ether oxygens (including phenoxy) is 2. The van der Waals surface area contributed by atoms with Gasteiger partial charge in [-0.3, -0.25) is 9.59 Å². The molecule has 0 aromatic heterocycles. The predicted octanol–water partition coefficient (Wildman–Crippen LogP) is 1.99. The van der Waals surface area contributed by atoms with Gasteiger partial charge < -0.3 is 25.0 Å². The summed E-state index contributed by atoms with van der Waals surface area (Å²) in [6.07, 6.45) is 4.70. The summed E-state index contributed by atoms with van der Waals surface area (Å²) in [5.74, 6) is 1.23. The Morgan fingerprint density at radius 1 is 1.07 bits per heavy atom. The Labute approximate surface area is 172 Å². The van der Waals surface area contributed by atoms with Crippen LogP contribution in [-0.4, -0.2) is 62.7 Å². The molecular weight excluding hydrogens is 382 g/mol. The molecule has 1 aromatic carbocycles. The average Bonchev–Trinajstić information content (AvgIpc) is 2.73. The third-order valence-corrected chi connectivity index (χ3v) is 5.39. The van der Waals surface area contributed by atoms with Gasteiger partial charge in [-0.1, -0.05) is 6.42 Å². The summed E-state index contributed by atoms with van der Waals surface area (Å²) in [5, 5.41) is 6.42. The zero-order chi connectivity index (χ0) is 19.2. The Morgan fingerprint density at radius 3 is 2.39 bits per heavy atom. The molecule has 0 radical (unpaired) electrons. The van der Waals surface area contributed by atoms with Crippen LogP contribution in [0.5, 0.6) is 11.5 Å². The van der Waals surface area contributed by atoms with Crippen molar-refractivity contribution in [1.82, 2.24) is 15.5 Å². The summed E-state index contributed by atoms with van der Waals surface area (Å²) < 4.78 is 10.5. The second kappa shape index (κ2) is 10.5. The van der Waals surface area contributed by atoms with Gasteiger partial charge in [-0.15, -0.1) is 12.4 Å². The van der Waals surface area contributed by atoms with Gasteiger partial charge in [0.2, 0.25) is 5.91 Å². The number of amides is 2. The van der Waals surface area contributed by atoms with Crippen LogP contribution in [0.15, 0.2) is 18.2 Å². The Morgan fingerprint density at radius 2 is 1.79 bits per heavy atom. The number of carbonyl (C=O) groups is 2. The van der Waals surface area contributed by atoms with Gasteiger partial charge >= 0.3 is 0 Å². The highest BCUT2D eigenvalue weighted by Crippen LogP contribution is 2.28. The van der Waals surface area contributed by atoms with Crippen LogP contribution in [0.2, 0.25) is 0 Å². The highest BCUT2D eigenvalue weighted by molar-refractivity contribution is 5.95. The molecule has 2 amide bonds. The third-order valence-electron chi connectivity index (χ3n) is 5.39. The van der Waals surface area contributed by atoms with Crippen molar-refractivity contribution in [2.45, 2.75) is 44.2 Å². The van der Waals surface area contributed by atoms with E-state index in [4.69, 9.17) is 9.47 Å². The Bertz CT molecular complexity index is 671. The second-order valence-corrected chi connectivity index (χ2v) is 7.15. The van der Waals surface area contributed by atoms with Gasteiger partial charge in [0.25, 0.3) is 5.91 Å². The summed E-state index contributed by atoms with van der Waals surface area (Å²) in [4.78, 5) is 27.0. The smallest absolute Gasteiger partial charge is 0.253 e. The van der Waals surface area contributed by atoms with Gasteiger partial charge in [0, 0.05) is 24.7 Å². The van der Waals surface area contributed by atoms with Crippen LogP contribution in [0.25, 0.3) is 0 Å². The number of piperidine rings is 2. The molecule has 2 N–H and O–H groups in total.